The maximum absolute atomic E-state index is 5.20. The predicted molar refractivity (Wildman–Crippen MR) is 71.0 cm³/mol. The zero-order valence-electron chi connectivity index (χ0n) is 9.84. The Kier molecular flexibility index (Phi) is 4.05. The van der Waals surface area contributed by atoms with Gasteiger partial charge in [0.05, 0.1) is 18.0 Å². The van der Waals surface area contributed by atoms with Gasteiger partial charge in [0, 0.05) is 7.11 Å². The molecule has 2 nitrogen and oxygen atoms in total. The third kappa shape index (κ3) is 3.26. The number of para-hydroxylation sites is 1. The van der Waals surface area contributed by atoms with Gasteiger partial charge in [0.1, 0.15) is 0 Å². The monoisotopic (exact) mass is 225 g/mol. The summed E-state index contributed by atoms with van der Waals surface area (Å²) in [6.45, 7) is 0.513. The van der Waals surface area contributed by atoms with E-state index in [0.29, 0.717) is 6.61 Å². The number of rotatable bonds is 4. The highest BCUT2D eigenvalue weighted by Crippen LogP contribution is 2.13. The van der Waals surface area contributed by atoms with Gasteiger partial charge in [0.25, 0.3) is 0 Å². The van der Waals surface area contributed by atoms with E-state index in [4.69, 9.17) is 4.74 Å². The molecule has 2 heteroatoms. The van der Waals surface area contributed by atoms with Crippen LogP contribution in [0.1, 0.15) is 5.56 Å². The van der Waals surface area contributed by atoms with Crippen molar-refractivity contribution in [3.8, 4) is 0 Å². The van der Waals surface area contributed by atoms with Crippen molar-refractivity contribution in [3.63, 3.8) is 0 Å². The molecule has 0 atom stereocenters. The van der Waals surface area contributed by atoms with Crippen LogP contribution in [0.2, 0.25) is 0 Å². The average molecular weight is 225 g/mol. The smallest absolute Gasteiger partial charge is 0.0890 e. The van der Waals surface area contributed by atoms with Crippen molar-refractivity contribution in [3.05, 3.63) is 66.2 Å². The Hall–Kier alpha value is -1.93. The van der Waals surface area contributed by atoms with Gasteiger partial charge in [-0.1, -0.05) is 48.5 Å². The van der Waals surface area contributed by atoms with Crippen LogP contribution in [-0.2, 0) is 4.74 Å². The van der Waals surface area contributed by atoms with Crippen molar-refractivity contribution in [1.29, 1.82) is 0 Å². The summed E-state index contributed by atoms with van der Waals surface area (Å²) >= 11 is 0. The summed E-state index contributed by atoms with van der Waals surface area (Å²) in [5, 5.41) is 0. The third-order valence-electron chi connectivity index (χ3n) is 2.41. The fourth-order valence-corrected chi connectivity index (χ4v) is 1.61. The summed E-state index contributed by atoms with van der Waals surface area (Å²) in [6.07, 6.45) is 0. The Morgan fingerprint density at radius 3 is 2.12 bits per heavy atom. The minimum Gasteiger partial charge on any atom is -0.378 e. The summed E-state index contributed by atoms with van der Waals surface area (Å²) < 4.78 is 5.20. The zero-order chi connectivity index (χ0) is 11.9. The SMILES string of the molecule is COCC(=Nc1ccccc1)c1ccccc1. The van der Waals surface area contributed by atoms with Crippen LogP contribution in [0, 0.1) is 0 Å². The molecule has 86 valence electrons. The summed E-state index contributed by atoms with van der Waals surface area (Å²) in [4.78, 5) is 4.61. The molecule has 0 aliphatic heterocycles. The van der Waals surface area contributed by atoms with Crippen LogP contribution in [0.25, 0.3) is 0 Å². The lowest BCUT2D eigenvalue weighted by molar-refractivity contribution is 0.245. The molecule has 0 bridgehead atoms. The van der Waals surface area contributed by atoms with E-state index < -0.39 is 0 Å². The minimum atomic E-state index is 0.513. The maximum Gasteiger partial charge on any atom is 0.0890 e. The second kappa shape index (κ2) is 5.97. The number of ether oxygens (including phenoxy) is 1. The number of hydrogen-bond acceptors (Lipinski definition) is 2. The van der Waals surface area contributed by atoms with Crippen LogP contribution in [-0.4, -0.2) is 19.4 Å². The molecule has 2 aromatic carbocycles. The van der Waals surface area contributed by atoms with E-state index in [1.807, 2.05) is 60.7 Å². The molecule has 0 fully saturated rings. The first-order valence-electron chi connectivity index (χ1n) is 5.57. The van der Waals surface area contributed by atoms with Gasteiger partial charge >= 0.3 is 0 Å². The van der Waals surface area contributed by atoms with Crippen LogP contribution >= 0.6 is 0 Å². The van der Waals surface area contributed by atoms with Crippen LogP contribution < -0.4 is 0 Å². The highest BCUT2D eigenvalue weighted by atomic mass is 16.5. The van der Waals surface area contributed by atoms with Crippen molar-refractivity contribution < 1.29 is 4.74 Å². The quantitative estimate of drug-likeness (QED) is 0.730. The standard InChI is InChI=1S/C15H15NO/c1-17-12-15(13-8-4-2-5-9-13)16-14-10-6-3-7-11-14/h2-11H,12H2,1H3. The molecule has 2 aromatic rings. The van der Waals surface area contributed by atoms with Crippen LogP contribution in [0.5, 0.6) is 0 Å². The first-order valence-corrected chi connectivity index (χ1v) is 5.57. The molecule has 0 unspecified atom stereocenters. The number of nitrogens with zero attached hydrogens (tertiary/aromatic N) is 1. The number of benzene rings is 2. The number of methoxy groups -OCH3 is 1. The van der Waals surface area contributed by atoms with E-state index in [1.54, 1.807) is 7.11 Å². The second-order valence-corrected chi connectivity index (χ2v) is 3.69. The Balaban J connectivity index is 2.33. The highest BCUT2D eigenvalue weighted by Gasteiger charge is 2.02. The van der Waals surface area contributed by atoms with Crippen LogP contribution in [0.4, 0.5) is 5.69 Å². The second-order valence-electron chi connectivity index (χ2n) is 3.69. The predicted octanol–water partition coefficient (Wildman–Crippen LogP) is 3.45. The minimum absolute atomic E-state index is 0.513. The van der Waals surface area contributed by atoms with Gasteiger partial charge in [-0.05, 0) is 17.7 Å². The first-order chi connectivity index (χ1) is 8.40. The van der Waals surface area contributed by atoms with Gasteiger partial charge in [0.15, 0.2) is 0 Å². The van der Waals surface area contributed by atoms with Gasteiger partial charge in [-0.2, -0.15) is 0 Å². The topological polar surface area (TPSA) is 21.6 Å². The van der Waals surface area contributed by atoms with Crippen LogP contribution in [0.3, 0.4) is 0 Å². The molecule has 17 heavy (non-hydrogen) atoms. The van der Waals surface area contributed by atoms with Crippen molar-refractivity contribution in [2.75, 3.05) is 13.7 Å². The maximum atomic E-state index is 5.20. The summed E-state index contributed by atoms with van der Waals surface area (Å²) in [5.74, 6) is 0. The number of hydrogen-bond donors (Lipinski definition) is 0. The molecular weight excluding hydrogens is 210 g/mol. The van der Waals surface area contributed by atoms with E-state index >= 15 is 0 Å². The van der Waals surface area contributed by atoms with E-state index in [2.05, 4.69) is 4.99 Å². The zero-order valence-corrected chi connectivity index (χ0v) is 9.84. The molecule has 2 rings (SSSR count). The summed E-state index contributed by atoms with van der Waals surface area (Å²) in [5.41, 5.74) is 2.99. The van der Waals surface area contributed by atoms with Crippen molar-refractivity contribution >= 4 is 11.4 Å². The molecule has 0 aromatic heterocycles. The molecule has 0 heterocycles. The fourth-order valence-electron chi connectivity index (χ4n) is 1.61. The van der Waals surface area contributed by atoms with Crippen LogP contribution in [0.15, 0.2) is 65.7 Å². The lowest BCUT2D eigenvalue weighted by Gasteiger charge is -2.05. The summed E-state index contributed by atoms with van der Waals surface area (Å²) in [7, 11) is 1.68. The normalized spacial score (nSPS) is 11.5. The van der Waals surface area contributed by atoms with Crippen molar-refractivity contribution in [2.45, 2.75) is 0 Å². The fraction of sp³-hybridized carbons (Fsp3) is 0.133. The Morgan fingerprint density at radius 1 is 0.941 bits per heavy atom. The molecule has 0 saturated carbocycles. The molecule has 0 aliphatic carbocycles. The molecule has 0 saturated heterocycles. The van der Waals surface area contributed by atoms with E-state index in [-0.39, 0.29) is 0 Å². The van der Waals surface area contributed by atoms with E-state index in [0.717, 1.165) is 17.0 Å². The Labute approximate surface area is 102 Å². The van der Waals surface area contributed by atoms with Gasteiger partial charge in [-0.25, -0.2) is 0 Å². The number of aliphatic imine (C=N–C) groups is 1. The van der Waals surface area contributed by atoms with Gasteiger partial charge in [-0.15, -0.1) is 0 Å². The Bertz CT molecular complexity index is 477. The molecule has 0 radical (unpaired) electrons. The van der Waals surface area contributed by atoms with Gasteiger partial charge in [-0.3, -0.25) is 4.99 Å². The molecular formula is C15H15NO. The lowest BCUT2D eigenvalue weighted by Crippen LogP contribution is -2.08. The molecule has 0 aliphatic rings. The largest absolute Gasteiger partial charge is 0.378 e. The van der Waals surface area contributed by atoms with E-state index in [1.165, 1.54) is 0 Å². The van der Waals surface area contributed by atoms with Crippen molar-refractivity contribution in [1.82, 2.24) is 0 Å². The highest BCUT2D eigenvalue weighted by molar-refractivity contribution is 6.02. The van der Waals surface area contributed by atoms with Crippen molar-refractivity contribution in [2.24, 2.45) is 4.99 Å². The Morgan fingerprint density at radius 2 is 1.53 bits per heavy atom. The lowest BCUT2D eigenvalue weighted by atomic mass is 10.1. The third-order valence-corrected chi connectivity index (χ3v) is 2.41. The van der Waals surface area contributed by atoms with E-state index in [9.17, 15) is 0 Å². The average Bonchev–Trinajstić information content (AvgIpc) is 2.40. The first kappa shape index (κ1) is 11.6. The molecule has 0 amide bonds. The molecule has 0 N–H and O–H groups in total. The van der Waals surface area contributed by atoms with Gasteiger partial charge < -0.3 is 4.74 Å². The summed E-state index contributed by atoms with van der Waals surface area (Å²) in [6, 6.07) is 20.0. The van der Waals surface area contributed by atoms with Gasteiger partial charge in [0.2, 0.25) is 0 Å². The molecule has 0 spiro atoms.